The van der Waals surface area contributed by atoms with Gasteiger partial charge in [0.05, 0.1) is 21.6 Å². The molecule has 2 aromatic rings. The van der Waals surface area contributed by atoms with Crippen molar-refractivity contribution < 1.29 is 19.0 Å². The number of carbonyl (C=O) groups is 1. The van der Waals surface area contributed by atoms with Crippen molar-refractivity contribution in [3.63, 3.8) is 0 Å². The van der Waals surface area contributed by atoms with Crippen LogP contribution in [0.5, 0.6) is 17.2 Å². The summed E-state index contributed by atoms with van der Waals surface area (Å²) >= 11 is 18.7. The van der Waals surface area contributed by atoms with Crippen LogP contribution in [0, 0.1) is 0 Å². The molecule has 152 valence electrons. The largest absolute Gasteiger partial charge is 0.490 e. The Morgan fingerprint density at radius 3 is 2.52 bits per heavy atom. The molecule has 0 atom stereocenters. The summed E-state index contributed by atoms with van der Waals surface area (Å²) in [6.45, 7) is 2.83. The Morgan fingerprint density at radius 2 is 1.83 bits per heavy atom. The molecule has 0 spiro atoms. The molecule has 1 heterocycles. The van der Waals surface area contributed by atoms with E-state index < -0.39 is 0 Å². The molecule has 0 aromatic heterocycles. The number of thioether (sulfide) groups is 1. The summed E-state index contributed by atoms with van der Waals surface area (Å²) in [6.07, 6.45) is 1.71. The summed E-state index contributed by atoms with van der Waals surface area (Å²) in [7, 11) is 0. The molecule has 1 N–H and O–H groups in total. The topological polar surface area (TPSA) is 56.8 Å². The number of amides is 1. The van der Waals surface area contributed by atoms with Gasteiger partial charge in [-0.15, -0.1) is 0 Å². The molecular formula is C20H17Cl2NO4S2. The second-order valence-corrected chi connectivity index (χ2v) is 8.28. The van der Waals surface area contributed by atoms with Crippen LogP contribution < -0.4 is 19.5 Å². The molecule has 0 unspecified atom stereocenters. The third-order valence-electron chi connectivity index (χ3n) is 3.70. The standard InChI is InChI=1S/C20H17Cl2NO4S2/c1-2-25-16-10-12(11-17-19(24)23-20(28)29-17)9-14(22)18(16)27-8-7-26-15-6-4-3-5-13(15)21/h3-6,9-11H,2,7-8H2,1H3,(H,23,24,28)/b17-11+. The lowest BCUT2D eigenvalue weighted by molar-refractivity contribution is -0.115. The number of carbonyl (C=O) groups excluding carboxylic acids is 1. The summed E-state index contributed by atoms with van der Waals surface area (Å²) in [6, 6.07) is 10.7. The molecule has 9 heteroatoms. The van der Waals surface area contributed by atoms with Crippen LogP contribution in [0.15, 0.2) is 41.3 Å². The van der Waals surface area contributed by atoms with E-state index in [0.717, 1.165) is 0 Å². The number of ether oxygens (including phenoxy) is 3. The highest BCUT2D eigenvalue weighted by Gasteiger charge is 2.22. The summed E-state index contributed by atoms with van der Waals surface area (Å²) in [5.41, 5.74) is 0.709. The average Bonchev–Trinajstić information content (AvgIpc) is 2.99. The number of halogens is 2. The molecule has 1 fully saturated rings. The van der Waals surface area contributed by atoms with Crippen molar-refractivity contribution in [1.29, 1.82) is 0 Å². The lowest BCUT2D eigenvalue weighted by Crippen LogP contribution is -2.17. The number of nitrogens with one attached hydrogen (secondary N) is 1. The Balaban J connectivity index is 1.71. The van der Waals surface area contributed by atoms with Crippen LogP contribution in [-0.4, -0.2) is 30.0 Å². The SMILES string of the molecule is CCOc1cc(/C=C2/SC(=S)NC2=O)cc(Cl)c1OCCOc1ccccc1Cl. The Morgan fingerprint density at radius 1 is 1.07 bits per heavy atom. The number of para-hydroxylation sites is 1. The van der Waals surface area contributed by atoms with E-state index in [4.69, 9.17) is 49.6 Å². The first-order chi connectivity index (χ1) is 14.0. The van der Waals surface area contributed by atoms with E-state index >= 15 is 0 Å². The summed E-state index contributed by atoms with van der Waals surface area (Å²) in [5.74, 6) is 1.25. The number of benzene rings is 2. The maximum atomic E-state index is 11.9. The minimum absolute atomic E-state index is 0.230. The fourth-order valence-corrected chi connectivity index (χ4v) is 4.01. The highest BCUT2D eigenvalue weighted by molar-refractivity contribution is 8.26. The number of hydrogen-bond acceptors (Lipinski definition) is 6. The minimum atomic E-state index is -0.230. The van der Waals surface area contributed by atoms with Crippen molar-refractivity contribution in [2.75, 3.05) is 19.8 Å². The van der Waals surface area contributed by atoms with E-state index in [2.05, 4.69) is 5.32 Å². The van der Waals surface area contributed by atoms with Gasteiger partial charge in [-0.1, -0.05) is 59.3 Å². The van der Waals surface area contributed by atoms with Gasteiger partial charge in [0, 0.05) is 0 Å². The Kier molecular flexibility index (Phi) is 7.66. The third-order valence-corrected chi connectivity index (χ3v) is 5.45. The molecular weight excluding hydrogens is 453 g/mol. The second-order valence-electron chi connectivity index (χ2n) is 5.74. The lowest BCUT2D eigenvalue weighted by atomic mass is 10.2. The van der Waals surface area contributed by atoms with Gasteiger partial charge in [0.15, 0.2) is 11.5 Å². The summed E-state index contributed by atoms with van der Waals surface area (Å²) in [4.78, 5) is 12.4. The number of rotatable bonds is 8. The Hall–Kier alpha value is -1.93. The molecule has 5 nitrogen and oxygen atoms in total. The minimum Gasteiger partial charge on any atom is -0.490 e. The molecule has 1 saturated heterocycles. The second kappa shape index (κ2) is 10.2. The van der Waals surface area contributed by atoms with Crippen molar-refractivity contribution in [3.05, 3.63) is 56.9 Å². The van der Waals surface area contributed by atoms with Gasteiger partial charge in [-0.05, 0) is 42.8 Å². The van der Waals surface area contributed by atoms with E-state index in [1.54, 1.807) is 30.3 Å². The van der Waals surface area contributed by atoms with Gasteiger partial charge in [-0.2, -0.15) is 0 Å². The predicted molar refractivity (Wildman–Crippen MR) is 121 cm³/mol. The van der Waals surface area contributed by atoms with Crippen molar-refractivity contribution in [2.24, 2.45) is 0 Å². The fraction of sp³-hybridized carbons (Fsp3) is 0.200. The molecule has 29 heavy (non-hydrogen) atoms. The van der Waals surface area contributed by atoms with Crippen molar-refractivity contribution >= 4 is 63.5 Å². The number of thiocarbonyl (C=S) groups is 1. The molecule has 1 amide bonds. The van der Waals surface area contributed by atoms with Gasteiger partial charge in [0.2, 0.25) is 0 Å². The smallest absolute Gasteiger partial charge is 0.263 e. The maximum absolute atomic E-state index is 11.9. The van der Waals surface area contributed by atoms with Crippen LogP contribution in [0.1, 0.15) is 12.5 Å². The molecule has 0 radical (unpaired) electrons. The zero-order valence-corrected chi connectivity index (χ0v) is 18.5. The van der Waals surface area contributed by atoms with Crippen LogP contribution in [-0.2, 0) is 4.79 Å². The molecule has 0 saturated carbocycles. The van der Waals surface area contributed by atoms with Crippen molar-refractivity contribution in [2.45, 2.75) is 6.92 Å². The van der Waals surface area contributed by atoms with Crippen LogP contribution >= 0.6 is 47.2 Å². The predicted octanol–water partition coefficient (Wildman–Crippen LogP) is 5.34. The Labute approximate surface area is 188 Å². The first-order valence-electron chi connectivity index (χ1n) is 8.69. The van der Waals surface area contributed by atoms with E-state index in [1.807, 2.05) is 19.1 Å². The Bertz CT molecular complexity index is 965. The van der Waals surface area contributed by atoms with Gasteiger partial charge >= 0.3 is 0 Å². The lowest BCUT2D eigenvalue weighted by Gasteiger charge is -2.15. The first-order valence-corrected chi connectivity index (χ1v) is 10.7. The number of hydrogen-bond donors (Lipinski definition) is 1. The highest BCUT2D eigenvalue weighted by Crippen LogP contribution is 2.38. The monoisotopic (exact) mass is 469 g/mol. The summed E-state index contributed by atoms with van der Waals surface area (Å²) in [5, 5.41) is 3.48. The van der Waals surface area contributed by atoms with E-state index in [0.29, 0.717) is 48.7 Å². The zero-order valence-electron chi connectivity index (χ0n) is 15.4. The first kappa shape index (κ1) is 21.8. The van der Waals surface area contributed by atoms with Gasteiger partial charge in [-0.3, -0.25) is 4.79 Å². The van der Waals surface area contributed by atoms with Crippen molar-refractivity contribution in [3.8, 4) is 17.2 Å². The summed E-state index contributed by atoms with van der Waals surface area (Å²) < 4.78 is 17.5. The molecule has 1 aliphatic heterocycles. The van der Waals surface area contributed by atoms with Crippen molar-refractivity contribution in [1.82, 2.24) is 5.32 Å². The molecule has 3 rings (SSSR count). The van der Waals surface area contributed by atoms with E-state index in [1.165, 1.54) is 11.8 Å². The molecule has 1 aliphatic rings. The van der Waals surface area contributed by atoms with E-state index in [-0.39, 0.29) is 19.1 Å². The highest BCUT2D eigenvalue weighted by atomic mass is 35.5. The van der Waals surface area contributed by atoms with Gasteiger partial charge in [0.1, 0.15) is 23.3 Å². The average molecular weight is 470 g/mol. The normalized spacial score (nSPS) is 14.8. The molecule has 0 aliphatic carbocycles. The third kappa shape index (κ3) is 5.79. The van der Waals surface area contributed by atoms with Gasteiger partial charge in [-0.25, -0.2) is 0 Å². The molecule has 0 bridgehead atoms. The van der Waals surface area contributed by atoms with Crippen LogP contribution in [0.3, 0.4) is 0 Å². The van der Waals surface area contributed by atoms with Crippen LogP contribution in [0.4, 0.5) is 0 Å². The van der Waals surface area contributed by atoms with Crippen LogP contribution in [0.2, 0.25) is 10.0 Å². The fourth-order valence-electron chi connectivity index (χ4n) is 2.50. The van der Waals surface area contributed by atoms with Crippen LogP contribution in [0.25, 0.3) is 6.08 Å². The quantitative estimate of drug-likeness (QED) is 0.320. The zero-order chi connectivity index (χ0) is 20.8. The maximum Gasteiger partial charge on any atom is 0.263 e. The van der Waals surface area contributed by atoms with Gasteiger partial charge < -0.3 is 19.5 Å². The molecule has 2 aromatic carbocycles. The van der Waals surface area contributed by atoms with E-state index in [9.17, 15) is 4.79 Å². The van der Waals surface area contributed by atoms with Gasteiger partial charge in [0.25, 0.3) is 5.91 Å².